The molecule has 0 aliphatic carbocycles. The van der Waals surface area contributed by atoms with E-state index in [4.69, 9.17) is 0 Å². The molecule has 0 aliphatic rings. The number of imidazole rings is 1. The van der Waals surface area contributed by atoms with E-state index in [0.717, 1.165) is 6.54 Å². The molecule has 1 atom stereocenters. The Morgan fingerprint density at radius 3 is 2.68 bits per heavy atom. The van der Waals surface area contributed by atoms with Crippen molar-refractivity contribution in [2.24, 2.45) is 7.05 Å². The van der Waals surface area contributed by atoms with E-state index >= 15 is 0 Å². The van der Waals surface area contributed by atoms with Crippen LogP contribution in [0.1, 0.15) is 24.1 Å². The second-order valence-corrected chi connectivity index (χ2v) is 4.87. The first kappa shape index (κ1) is 13.6. The molecule has 0 fully saturated rings. The van der Waals surface area contributed by atoms with Gasteiger partial charge >= 0.3 is 5.69 Å². The van der Waals surface area contributed by atoms with Crippen LogP contribution in [-0.2, 0) is 13.6 Å². The number of nitrogens with zero attached hydrogens (tertiary/aromatic N) is 2. The highest BCUT2D eigenvalue weighted by molar-refractivity contribution is 5.25. The smallest absolute Gasteiger partial charge is 0.309 e. The Morgan fingerprint density at radius 1 is 1.32 bits per heavy atom. The first-order chi connectivity index (χ1) is 9.11. The molecule has 0 bridgehead atoms. The predicted octanol–water partition coefficient (Wildman–Crippen LogP) is 1.85. The molecule has 2 aromatic rings. The van der Waals surface area contributed by atoms with Gasteiger partial charge in [0.05, 0.1) is 6.04 Å². The quantitative estimate of drug-likeness (QED) is 0.890. The summed E-state index contributed by atoms with van der Waals surface area (Å²) >= 11 is 0. The summed E-state index contributed by atoms with van der Waals surface area (Å²) in [5, 5.41) is 3.44. The van der Waals surface area contributed by atoms with E-state index < -0.39 is 0 Å². The van der Waals surface area contributed by atoms with Crippen LogP contribution in [0, 0.1) is 6.92 Å². The van der Waals surface area contributed by atoms with Gasteiger partial charge in [0.15, 0.2) is 0 Å². The van der Waals surface area contributed by atoms with Gasteiger partial charge in [0.2, 0.25) is 0 Å². The zero-order valence-electron chi connectivity index (χ0n) is 11.8. The molecule has 102 valence electrons. The minimum atomic E-state index is 0.0237. The van der Waals surface area contributed by atoms with Crippen LogP contribution in [0.2, 0.25) is 0 Å². The number of rotatable bonds is 5. The minimum Gasteiger partial charge on any atom is -0.309 e. The number of likely N-dealkylation sites (N-methyl/N-ethyl adjacent to an activating group) is 1. The van der Waals surface area contributed by atoms with Gasteiger partial charge in [0.25, 0.3) is 0 Å². The second kappa shape index (κ2) is 5.89. The Morgan fingerprint density at radius 2 is 2.11 bits per heavy atom. The van der Waals surface area contributed by atoms with Crippen molar-refractivity contribution in [2.75, 3.05) is 6.54 Å². The fraction of sp³-hybridized carbons (Fsp3) is 0.400. The molecule has 4 nitrogen and oxygen atoms in total. The van der Waals surface area contributed by atoms with Crippen molar-refractivity contribution in [3.05, 3.63) is 58.3 Å². The average molecular weight is 259 g/mol. The van der Waals surface area contributed by atoms with Crippen molar-refractivity contribution in [1.29, 1.82) is 0 Å². The summed E-state index contributed by atoms with van der Waals surface area (Å²) in [4.78, 5) is 11.9. The van der Waals surface area contributed by atoms with Crippen LogP contribution < -0.4 is 11.0 Å². The molecule has 0 saturated heterocycles. The van der Waals surface area contributed by atoms with Crippen LogP contribution in [0.3, 0.4) is 0 Å². The third-order valence-corrected chi connectivity index (χ3v) is 3.29. The molecule has 1 aromatic carbocycles. The number of hydrogen-bond donors (Lipinski definition) is 1. The molecular formula is C15H21N3O. The molecule has 0 spiro atoms. The third kappa shape index (κ3) is 3.15. The van der Waals surface area contributed by atoms with Gasteiger partial charge in [-0.05, 0) is 19.0 Å². The van der Waals surface area contributed by atoms with Crippen molar-refractivity contribution < 1.29 is 0 Å². The first-order valence-corrected chi connectivity index (χ1v) is 6.63. The SMILES string of the molecule is CCNC(Cn1ccn(C)c1=O)c1cccc(C)c1. The van der Waals surface area contributed by atoms with Gasteiger partial charge in [0.1, 0.15) is 0 Å². The summed E-state index contributed by atoms with van der Waals surface area (Å²) in [6.07, 6.45) is 3.63. The standard InChI is InChI=1S/C15H21N3O/c1-4-16-14(13-7-5-6-12(2)10-13)11-18-9-8-17(3)15(18)19/h5-10,14,16H,4,11H2,1-3H3. The summed E-state index contributed by atoms with van der Waals surface area (Å²) in [7, 11) is 1.77. The Kier molecular flexibility index (Phi) is 4.22. The third-order valence-electron chi connectivity index (χ3n) is 3.29. The predicted molar refractivity (Wildman–Crippen MR) is 77.3 cm³/mol. The van der Waals surface area contributed by atoms with Gasteiger partial charge in [-0.1, -0.05) is 36.8 Å². The summed E-state index contributed by atoms with van der Waals surface area (Å²) in [5.41, 5.74) is 2.48. The van der Waals surface area contributed by atoms with Crippen LogP contribution in [0.25, 0.3) is 0 Å². The lowest BCUT2D eigenvalue weighted by Gasteiger charge is -2.19. The maximum absolute atomic E-state index is 11.9. The molecule has 0 aliphatic heterocycles. The number of aromatic nitrogens is 2. The van der Waals surface area contributed by atoms with Crippen LogP contribution in [-0.4, -0.2) is 15.7 Å². The van der Waals surface area contributed by atoms with E-state index in [0.29, 0.717) is 6.54 Å². The zero-order valence-corrected chi connectivity index (χ0v) is 11.8. The fourth-order valence-corrected chi connectivity index (χ4v) is 2.27. The summed E-state index contributed by atoms with van der Waals surface area (Å²) < 4.78 is 3.34. The molecule has 1 heterocycles. The van der Waals surface area contributed by atoms with E-state index in [-0.39, 0.29) is 11.7 Å². The molecular weight excluding hydrogens is 238 g/mol. The lowest BCUT2D eigenvalue weighted by atomic mass is 10.0. The maximum atomic E-state index is 11.9. The van der Waals surface area contributed by atoms with E-state index in [1.54, 1.807) is 22.4 Å². The number of benzene rings is 1. The molecule has 2 rings (SSSR count). The van der Waals surface area contributed by atoms with Crippen molar-refractivity contribution >= 4 is 0 Å². The van der Waals surface area contributed by atoms with E-state index in [1.165, 1.54) is 11.1 Å². The molecule has 1 aromatic heterocycles. The highest BCUT2D eigenvalue weighted by Crippen LogP contribution is 2.16. The van der Waals surface area contributed by atoms with Gasteiger partial charge in [-0.15, -0.1) is 0 Å². The molecule has 0 radical (unpaired) electrons. The van der Waals surface area contributed by atoms with Crippen LogP contribution in [0.5, 0.6) is 0 Å². The van der Waals surface area contributed by atoms with Crippen LogP contribution >= 0.6 is 0 Å². The molecule has 0 amide bonds. The van der Waals surface area contributed by atoms with Crippen molar-refractivity contribution in [1.82, 2.24) is 14.5 Å². The molecule has 0 saturated carbocycles. The number of hydrogen-bond acceptors (Lipinski definition) is 2. The van der Waals surface area contributed by atoms with Crippen molar-refractivity contribution in [2.45, 2.75) is 26.4 Å². The highest BCUT2D eigenvalue weighted by Gasteiger charge is 2.12. The highest BCUT2D eigenvalue weighted by atomic mass is 16.1. The molecule has 1 unspecified atom stereocenters. The lowest BCUT2D eigenvalue weighted by molar-refractivity contribution is 0.464. The van der Waals surface area contributed by atoms with Gasteiger partial charge in [-0.25, -0.2) is 4.79 Å². The Labute approximate surface area is 113 Å². The monoisotopic (exact) mass is 259 g/mol. The average Bonchev–Trinajstić information content (AvgIpc) is 2.70. The van der Waals surface area contributed by atoms with Gasteiger partial charge < -0.3 is 9.88 Å². The normalized spacial score (nSPS) is 12.6. The minimum absolute atomic E-state index is 0.0237. The van der Waals surface area contributed by atoms with Gasteiger partial charge in [0, 0.05) is 26.0 Å². The van der Waals surface area contributed by atoms with E-state index in [2.05, 4.69) is 43.4 Å². The first-order valence-electron chi connectivity index (χ1n) is 6.63. The fourth-order valence-electron chi connectivity index (χ4n) is 2.27. The number of nitrogens with one attached hydrogen (secondary N) is 1. The summed E-state index contributed by atoms with van der Waals surface area (Å²) in [5.74, 6) is 0. The molecule has 4 heteroatoms. The van der Waals surface area contributed by atoms with Gasteiger partial charge in [-0.3, -0.25) is 4.57 Å². The lowest BCUT2D eigenvalue weighted by Crippen LogP contribution is -2.30. The topological polar surface area (TPSA) is 39.0 Å². The summed E-state index contributed by atoms with van der Waals surface area (Å²) in [6.45, 7) is 5.69. The Bertz CT molecular complexity index is 597. The Balaban J connectivity index is 2.26. The van der Waals surface area contributed by atoms with Crippen LogP contribution in [0.4, 0.5) is 0 Å². The van der Waals surface area contributed by atoms with Crippen molar-refractivity contribution in [3.63, 3.8) is 0 Å². The van der Waals surface area contributed by atoms with Gasteiger partial charge in [-0.2, -0.15) is 0 Å². The van der Waals surface area contributed by atoms with Crippen molar-refractivity contribution in [3.8, 4) is 0 Å². The number of aryl methyl sites for hydroxylation is 2. The van der Waals surface area contributed by atoms with E-state index in [9.17, 15) is 4.79 Å². The maximum Gasteiger partial charge on any atom is 0.327 e. The molecule has 1 N–H and O–H groups in total. The van der Waals surface area contributed by atoms with Crippen LogP contribution in [0.15, 0.2) is 41.5 Å². The summed E-state index contributed by atoms with van der Waals surface area (Å²) in [6, 6.07) is 8.57. The van der Waals surface area contributed by atoms with E-state index in [1.807, 2.05) is 6.20 Å². The Hall–Kier alpha value is -1.81. The molecule has 19 heavy (non-hydrogen) atoms. The zero-order chi connectivity index (χ0) is 13.8. The largest absolute Gasteiger partial charge is 0.327 e. The second-order valence-electron chi connectivity index (χ2n) is 4.87.